The van der Waals surface area contributed by atoms with E-state index in [0.29, 0.717) is 5.56 Å². The molecule has 3 atom stereocenters. The highest BCUT2D eigenvalue weighted by Gasteiger charge is 2.32. The van der Waals surface area contributed by atoms with E-state index in [-0.39, 0.29) is 18.0 Å². The Hall–Kier alpha value is -2.67. The molecule has 0 saturated carbocycles. The van der Waals surface area contributed by atoms with Crippen LogP contribution in [-0.4, -0.2) is 70.8 Å². The van der Waals surface area contributed by atoms with E-state index in [1.165, 1.54) is 33.0 Å². The number of carbonyl (C=O) groups is 3. The Morgan fingerprint density at radius 3 is 2.32 bits per heavy atom. The van der Waals surface area contributed by atoms with E-state index in [1.807, 2.05) is 0 Å². The second kappa shape index (κ2) is 10.6. The van der Waals surface area contributed by atoms with Crippen LogP contribution in [0.3, 0.4) is 0 Å². The fourth-order valence-electron chi connectivity index (χ4n) is 2.05. The number of carboxylic acid groups (broad SMARTS) is 1. The number of carboxylic acids is 1. The van der Waals surface area contributed by atoms with Crippen LogP contribution in [0.5, 0.6) is 5.75 Å². The van der Waals surface area contributed by atoms with E-state index in [4.69, 9.17) is 19.3 Å². The second-order valence-electron chi connectivity index (χ2n) is 5.83. The van der Waals surface area contributed by atoms with Gasteiger partial charge in [0.05, 0.1) is 11.8 Å². The standard InChI is InChI=1S/C16H22BNO10/c1-7(19)12(13(21)22)28-15(14(23)24)27-11-4-3-9(6-26-16(17)25)5-10(11)18-8(2)20/h3-5,7,12,14-15,19,23-24H,6,17H2,1-2H3,(H,18,20)(H,21,22)/t7-,12?,15?/m0/s1. The fraction of sp³-hybridized carbons (Fsp3) is 0.438. The predicted octanol–water partition coefficient (Wildman–Crippen LogP) is -1.22. The lowest BCUT2D eigenvalue weighted by atomic mass is 10.1. The van der Waals surface area contributed by atoms with Crippen molar-refractivity contribution in [2.75, 3.05) is 5.32 Å². The van der Waals surface area contributed by atoms with Crippen LogP contribution in [0.4, 0.5) is 10.5 Å². The summed E-state index contributed by atoms with van der Waals surface area (Å²) in [5.74, 6) is -2.59. The molecule has 0 heterocycles. The smallest absolute Gasteiger partial charge is 0.335 e. The van der Waals surface area contributed by atoms with Gasteiger partial charge in [0.25, 0.3) is 6.29 Å². The number of aliphatic hydroxyl groups is 3. The van der Waals surface area contributed by atoms with Crippen molar-refractivity contribution >= 4 is 31.3 Å². The number of aliphatic carboxylic acids is 1. The molecular weight excluding hydrogens is 377 g/mol. The van der Waals surface area contributed by atoms with Crippen molar-refractivity contribution in [3.8, 4) is 5.75 Å². The zero-order chi connectivity index (χ0) is 21.4. The predicted molar refractivity (Wildman–Crippen MR) is 96.3 cm³/mol. The van der Waals surface area contributed by atoms with E-state index in [1.54, 1.807) is 0 Å². The van der Waals surface area contributed by atoms with E-state index < -0.39 is 42.5 Å². The van der Waals surface area contributed by atoms with Gasteiger partial charge in [-0.3, -0.25) is 9.59 Å². The molecule has 0 saturated heterocycles. The van der Waals surface area contributed by atoms with Gasteiger partial charge in [-0.15, -0.1) is 0 Å². The Balaban J connectivity index is 3.11. The highest BCUT2D eigenvalue weighted by Crippen LogP contribution is 2.28. The van der Waals surface area contributed by atoms with Crippen molar-refractivity contribution in [3.05, 3.63) is 23.8 Å². The molecule has 1 amide bonds. The largest absolute Gasteiger partial charge is 0.479 e. The molecule has 1 aromatic rings. The molecule has 2 unspecified atom stereocenters. The maximum atomic E-state index is 11.4. The Morgan fingerprint density at radius 2 is 1.86 bits per heavy atom. The number of ether oxygens (including phenoxy) is 3. The Bertz CT molecular complexity index is 709. The number of amides is 1. The van der Waals surface area contributed by atoms with Crippen LogP contribution in [-0.2, 0) is 25.7 Å². The van der Waals surface area contributed by atoms with Gasteiger partial charge in [-0.05, 0) is 24.6 Å². The first-order chi connectivity index (χ1) is 13.0. The van der Waals surface area contributed by atoms with Crippen molar-refractivity contribution < 1.29 is 49.0 Å². The quantitative estimate of drug-likeness (QED) is 0.237. The Kier molecular flexibility index (Phi) is 8.86. The summed E-state index contributed by atoms with van der Waals surface area (Å²) in [6.45, 7) is 2.30. The topological polar surface area (TPSA) is 172 Å². The van der Waals surface area contributed by atoms with Gasteiger partial charge in [0, 0.05) is 6.92 Å². The molecule has 154 valence electrons. The first-order valence-corrected chi connectivity index (χ1v) is 8.14. The zero-order valence-corrected chi connectivity index (χ0v) is 15.5. The van der Waals surface area contributed by atoms with E-state index in [0.717, 1.165) is 6.92 Å². The molecule has 12 heteroatoms. The van der Waals surface area contributed by atoms with Gasteiger partial charge >= 0.3 is 5.97 Å². The number of hydrogen-bond donors (Lipinski definition) is 5. The molecule has 0 aliphatic rings. The number of hydrogen-bond acceptors (Lipinski definition) is 9. The molecule has 1 aromatic carbocycles. The monoisotopic (exact) mass is 399 g/mol. The van der Waals surface area contributed by atoms with Gasteiger partial charge in [0.2, 0.25) is 25.9 Å². The lowest BCUT2D eigenvalue weighted by Crippen LogP contribution is -2.44. The maximum Gasteiger partial charge on any atom is 0.335 e. The molecule has 0 fully saturated rings. The lowest BCUT2D eigenvalue weighted by Gasteiger charge is -2.26. The second-order valence-corrected chi connectivity index (χ2v) is 5.83. The van der Waals surface area contributed by atoms with Crippen molar-refractivity contribution in [1.82, 2.24) is 0 Å². The minimum atomic E-state index is -2.26. The third-order valence-electron chi connectivity index (χ3n) is 3.25. The molecule has 28 heavy (non-hydrogen) atoms. The van der Waals surface area contributed by atoms with Crippen LogP contribution in [0.25, 0.3) is 0 Å². The van der Waals surface area contributed by atoms with Gasteiger partial charge in [-0.2, -0.15) is 0 Å². The normalized spacial score (nSPS) is 14.1. The third-order valence-corrected chi connectivity index (χ3v) is 3.25. The minimum absolute atomic E-state index is 0.0744. The van der Waals surface area contributed by atoms with Crippen molar-refractivity contribution in [3.63, 3.8) is 0 Å². The summed E-state index contributed by atoms with van der Waals surface area (Å²) < 4.78 is 15.1. The Labute approximate surface area is 161 Å². The first kappa shape index (κ1) is 23.4. The first-order valence-electron chi connectivity index (χ1n) is 8.14. The summed E-state index contributed by atoms with van der Waals surface area (Å²) in [7, 11) is 1.23. The Morgan fingerprint density at radius 1 is 1.21 bits per heavy atom. The van der Waals surface area contributed by atoms with Crippen LogP contribution >= 0.6 is 0 Å². The summed E-state index contributed by atoms with van der Waals surface area (Å²) in [5, 5.41) is 39.9. The molecule has 1 rings (SSSR count). The van der Waals surface area contributed by atoms with Crippen LogP contribution in [0, 0.1) is 0 Å². The summed E-state index contributed by atoms with van der Waals surface area (Å²) in [4.78, 5) is 33.5. The molecule has 0 spiro atoms. The molecular formula is C16H22BNO10. The molecule has 0 bridgehead atoms. The maximum absolute atomic E-state index is 11.4. The number of anilines is 1. The van der Waals surface area contributed by atoms with Gasteiger partial charge in [0.15, 0.2) is 6.10 Å². The van der Waals surface area contributed by atoms with E-state index in [9.17, 15) is 29.7 Å². The van der Waals surface area contributed by atoms with Crippen LogP contribution in [0.2, 0.25) is 0 Å². The molecule has 0 radical (unpaired) electrons. The molecule has 0 aliphatic carbocycles. The van der Waals surface area contributed by atoms with E-state index in [2.05, 4.69) is 5.32 Å². The number of carbonyl (C=O) groups excluding carboxylic acids is 2. The number of benzene rings is 1. The average molecular weight is 399 g/mol. The van der Waals surface area contributed by atoms with Crippen molar-refractivity contribution in [1.29, 1.82) is 0 Å². The molecule has 0 aliphatic heterocycles. The third kappa shape index (κ3) is 7.52. The van der Waals surface area contributed by atoms with Gasteiger partial charge in [-0.1, -0.05) is 6.07 Å². The molecule has 5 N–H and O–H groups in total. The summed E-state index contributed by atoms with van der Waals surface area (Å²) in [5.41, 5.74) is 0.594. The summed E-state index contributed by atoms with van der Waals surface area (Å²) in [6.07, 6.45) is -7.41. The molecule has 11 nitrogen and oxygen atoms in total. The van der Waals surface area contributed by atoms with Gasteiger partial charge in [0.1, 0.15) is 12.4 Å². The highest BCUT2D eigenvalue weighted by atomic mass is 16.7. The van der Waals surface area contributed by atoms with E-state index >= 15 is 0 Å². The van der Waals surface area contributed by atoms with Gasteiger partial charge < -0.3 is 40.0 Å². The van der Waals surface area contributed by atoms with Crippen LogP contribution in [0.1, 0.15) is 19.4 Å². The van der Waals surface area contributed by atoms with Crippen LogP contribution in [0.15, 0.2) is 18.2 Å². The highest BCUT2D eigenvalue weighted by molar-refractivity contribution is 6.55. The fourth-order valence-corrected chi connectivity index (χ4v) is 2.05. The SMILES string of the molecule is BC(=O)OCc1ccc(OC(OC(C(=O)O)[C@H](C)O)C(O)O)c(NC(C)=O)c1. The zero-order valence-electron chi connectivity index (χ0n) is 15.5. The number of nitrogens with one attached hydrogen (secondary N) is 1. The number of rotatable bonds is 10. The molecule has 0 aromatic heterocycles. The van der Waals surface area contributed by atoms with Crippen molar-refractivity contribution in [2.45, 2.75) is 45.2 Å². The van der Waals surface area contributed by atoms with Gasteiger partial charge in [-0.25, -0.2) is 4.79 Å². The lowest BCUT2D eigenvalue weighted by molar-refractivity contribution is -0.247. The van der Waals surface area contributed by atoms with Crippen LogP contribution < -0.4 is 10.1 Å². The summed E-state index contributed by atoms with van der Waals surface area (Å²) in [6, 6.07) is 4.23. The van der Waals surface area contributed by atoms with Crippen molar-refractivity contribution in [2.24, 2.45) is 0 Å². The minimum Gasteiger partial charge on any atom is -0.479 e. The number of aliphatic hydroxyl groups excluding tert-OH is 2. The summed E-state index contributed by atoms with van der Waals surface area (Å²) >= 11 is 0. The average Bonchev–Trinajstić information content (AvgIpc) is 2.56.